The van der Waals surface area contributed by atoms with Crippen molar-refractivity contribution in [2.45, 2.75) is 38.6 Å². The molecule has 0 spiro atoms. The van der Waals surface area contributed by atoms with E-state index in [1.54, 1.807) is 23.1 Å². The lowest BCUT2D eigenvalue weighted by Crippen LogP contribution is -2.46. The Morgan fingerprint density at radius 3 is 2.42 bits per heavy atom. The van der Waals surface area contributed by atoms with Crippen LogP contribution in [-0.2, 0) is 9.59 Å². The summed E-state index contributed by atoms with van der Waals surface area (Å²) in [7, 11) is 0. The molecular formula is C23H30N4O4. The van der Waals surface area contributed by atoms with Crippen molar-refractivity contribution in [3.05, 3.63) is 35.4 Å². The smallest absolute Gasteiger partial charge is 0.251 e. The number of carbonyl (C=O) groups is 4. The topological polar surface area (TPSA) is 113 Å². The number of benzene rings is 1. The predicted octanol–water partition coefficient (Wildman–Crippen LogP) is 1.01. The van der Waals surface area contributed by atoms with E-state index in [2.05, 4.69) is 5.32 Å². The zero-order chi connectivity index (χ0) is 22.1. The summed E-state index contributed by atoms with van der Waals surface area (Å²) in [6.45, 7) is 4.58. The van der Waals surface area contributed by atoms with Gasteiger partial charge in [-0.2, -0.15) is 0 Å². The summed E-state index contributed by atoms with van der Waals surface area (Å²) in [4.78, 5) is 52.6. The van der Waals surface area contributed by atoms with E-state index in [1.807, 2.05) is 11.8 Å². The van der Waals surface area contributed by atoms with Gasteiger partial charge in [0.2, 0.25) is 17.7 Å². The van der Waals surface area contributed by atoms with Crippen LogP contribution in [0, 0.1) is 17.8 Å². The van der Waals surface area contributed by atoms with Crippen LogP contribution < -0.4 is 11.1 Å². The summed E-state index contributed by atoms with van der Waals surface area (Å²) in [5.74, 6) is 0.239. The molecule has 1 aliphatic carbocycles. The summed E-state index contributed by atoms with van der Waals surface area (Å²) in [5, 5.41) is 3.08. The number of hydrogen-bond donors (Lipinski definition) is 2. The van der Waals surface area contributed by atoms with E-state index >= 15 is 0 Å². The van der Waals surface area contributed by atoms with Crippen molar-refractivity contribution in [1.29, 1.82) is 0 Å². The van der Waals surface area contributed by atoms with Crippen LogP contribution in [0.4, 0.5) is 0 Å². The fourth-order valence-electron chi connectivity index (χ4n) is 5.36. The van der Waals surface area contributed by atoms with E-state index in [4.69, 9.17) is 5.73 Å². The van der Waals surface area contributed by atoms with Gasteiger partial charge < -0.3 is 20.9 Å². The van der Waals surface area contributed by atoms with Gasteiger partial charge in [-0.05, 0) is 56.2 Å². The van der Waals surface area contributed by atoms with E-state index in [-0.39, 0.29) is 29.7 Å². The number of hydrogen-bond acceptors (Lipinski definition) is 4. The van der Waals surface area contributed by atoms with Crippen molar-refractivity contribution in [1.82, 2.24) is 15.1 Å². The molecule has 166 valence electrons. The number of fused-ring (bicyclic) bond motifs is 1. The first-order valence-electron chi connectivity index (χ1n) is 11.1. The Balaban J connectivity index is 1.30. The van der Waals surface area contributed by atoms with Crippen molar-refractivity contribution >= 4 is 23.6 Å². The number of likely N-dealkylation sites (tertiary alicyclic amines) is 2. The molecule has 31 heavy (non-hydrogen) atoms. The monoisotopic (exact) mass is 426 g/mol. The summed E-state index contributed by atoms with van der Waals surface area (Å²) in [6.07, 6.45) is 2.79. The van der Waals surface area contributed by atoms with Gasteiger partial charge >= 0.3 is 0 Å². The molecule has 2 saturated heterocycles. The zero-order valence-corrected chi connectivity index (χ0v) is 17.9. The highest BCUT2D eigenvalue weighted by atomic mass is 16.2. The molecule has 0 aromatic heterocycles. The standard InChI is InChI=1S/C23H30N4O4/c1-2-26-11-16(6-7-20(26)28)23(31)27-12-17-9-19(10-18(17)13-27)25-22(30)15-5-3-4-14(8-15)21(24)29/h3-5,8,16-19H,2,6-7,9-13H2,1H3,(H2,24,29)(H,25,30). The molecule has 8 nitrogen and oxygen atoms in total. The lowest BCUT2D eigenvalue weighted by atomic mass is 9.96. The molecule has 1 aromatic carbocycles. The molecular weight excluding hydrogens is 396 g/mol. The maximum atomic E-state index is 13.0. The van der Waals surface area contributed by atoms with Crippen LogP contribution in [0.5, 0.6) is 0 Å². The number of nitrogens with zero attached hydrogens (tertiary/aromatic N) is 2. The third-order valence-corrected chi connectivity index (χ3v) is 7.04. The molecule has 2 aliphatic heterocycles. The van der Waals surface area contributed by atoms with Crippen LogP contribution in [0.3, 0.4) is 0 Å². The molecule has 1 aromatic rings. The van der Waals surface area contributed by atoms with Gasteiger partial charge in [-0.3, -0.25) is 19.2 Å². The van der Waals surface area contributed by atoms with Crippen molar-refractivity contribution in [2.75, 3.05) is 26.2 Å². The Morgan fingerprint density at radius 1 is 1.10 bits per heavy atom. The van der Waals surface area contributed by atoms with Gasteiger partial charge in [-0.25, -0.2) is 0 Å². The van der Waals surface area contributed by atoms with E-state index in [1.165, 1.54) is 6.07 Å². The van der Waals surface area contributed by atoms with Crippen LogP contribution in [0.15, 0.2) is 24.3 Å². The zero-order valence-electron chi connectivity index (χ0n) is 17.9. The fraction of sp³-hybridized carbons (Fsp3) is 0.565. The van der Waals surface area contributed by atoms with E-state index in [0.717, 1.165) is 25.9 Å². The van der Waals surface area contributed by atoms with Gasteiger partial charge in [-0.1, -0.05) is 6.07 Å². The first-order chi connectivity index (χ1) is 14.9. The van der Waals surface area contributed by atoms with Crippen LogP contribution in [0.2, 0.25) is 0 Å². The molecule has 3 atom stereocenters. The normalized spacial score (nSPS) is 27.8. The minimum Gasteiger partial charge on any atom is -0.366 e. The Hall–Kier alpha value is -2.90. The second-order valence-electron chi connectivity index (χ2n) is 9.02. The van der Waals surface area contributed by atoms with Gasteiger partial charge in [0, 0.05) is 49.8 Å². The van der Waals surface area contributed by atoms with Crippen LogP contribution in [0.1, 0.15) is 53.3 Å². The molecule has 3 unspecified atom stereocenters. The Bertz CT molecular complexity index is 887. The molecule has 2 heterocycles. The van der Waals surface area contributed by atoms with Crippen LogP contribution >= 0.6 is 0 Å². The Morgan fingerprint density at radius 2 is 1.77 bits per heavy atom. The van der Waals surface area contributed by atoms with E-state index in [0.29, 0.717) is 48.9 Å². The summed E-state index contributed by atoms with van der Waals surface area (Å²) < 4.78 is 0. The third-order valence-electron chi connectivity index (χ3n) is 7.04. The molecule has 1 saturated carbocycles. The highest BCUT2D eigenvalue weighted by Crippen LogP contribution is 2.39. The maximum Gasteiger partial charge on any atom is 0.251 e. The minimum atomic E-state index is -0.556. The molecule has 4 rings (SSSR count). The number of nitrogens with two attached hydrogens (primary N) is 1. The quantitative estimate of drug-likeness (QED) is 0.732. The number of nitrogens with one attached hydrogen (secondary N) is 1. The number of piperidine rings is 1. The third kappa shape index (κ3) is 4.43. The molecule has 0 radical (unpaired) electrons. The number of carbonyl (C=O) groups excluding carboxylic acids is 4. The van der Waals surface area contributed by atoms with Crippen molar-refractivity contribution < 1.29 is 19.2 Å². The average Bonchev–Trinajstić information content (AvgIpc) is 3.32. The number of amides is 4. The highest BCUT2D eigenvalue weighted by Gasteiger charge is 2.44. The second kappa shape index (κ2) is 8.69. The van der Waals surface area contributed by atoms with Gasteiger partial charge in [0.25, 0.3) is 5.91 Å². The predicted molar refractivity (Wildman–Crippen MR) is 114 cm³/mol. The molecule has 3 aliphatic rings. The number of primary amides is 1. The SMILES string of the molecule is CCN1CC(C(=O)N2CC3CC(NC(=O)c4cccc(C(N)=O)c4)CC3C2)CCC1=O. The lowest BCUT2D eigenvalue weighted by Gasteiger charge is -2.33. The van der Waals surface area contributed by atoms with Gasteiger partial charge in [0.05, 0.1) is 5.92 Å². The summed E-state index contributed by atoms with van der Waals surface area (Å²) >= 11 is 0. The largest absolute Gasteiger partial charge is 0.366 e. The number of rotatable bonds is 5. The van der Waals surface area contributed by atoms with Crippen molar-refractivity contribution in [2.24, 2.45) is 23.5 Å². The second-order valence-corrected chi connectivity index (χ2v) is 9.02. The van der Waals surface area contributed by atoms with Crippen LogP contribution in [-0.4, -0.2) is 65.6 Å². The van der Waals surface area contributed by atoms with Crippen molar-refractivity contribution in [3.63, 3.8) is 0 Å². The Labute approximate surface area is 182 Å². The molecule has 3 N–H and O–H groups in total. The Kier molecular flexibility index (Phi) is 5.98. The molecule has 8 heteroatoms. The summed E-state index contributed by atoms with van der Waals surface area (Å²) in [5.41, 5.74) is 6.04. The summed E-state index contributed by atoms with van der Waals surface area (Å²) in [6, 6.07) is 6.50. The molecule has 4 amide bonds. The lowest BCUT2D eigenvalue weighted by molar-refractivity contribution is -0.142. The van der Waals surface area contributed by atoms with Gasteiger partial charge in [0.15, 0.2) is 0 Å². The average molecular weight is 427 g/mol. The van der Waals surface area contributed by atoms with E-state index < -0.39 is 5.91 Å². The minimum absolute atomic E-state index is 0.0693. The van der Waals surface area contributed by atoms with E-state index in [9.17, 15) is 19.2 Å². The molecule has 0 bridgehead atoms. The van der Waals surface area contributed by atoms with Crippen LogP contribution in [0.25, 0.3) is 0 Å². The van der Waals surface area contributed by atoms with Gasteiger partial charge in [-0.15, -0.1) is 0 Å². The maximum absolute atomic E-state index is 13.0. The highest BCUT2D eigenvalue weighted by molar-refractivity contribution is 5.99. The first kappa shape index (κ1) is 21.3. The van der Waals surface area contributed by atoms with Crippen molar-refractivity contribution in [3.8, 4) is 0 Å². The van der Waals surface area contributed by atoms with Gasteiger partial charge in [0.1, 0.15) is 0 Å². The molecule has 3 fully saturated rings. The fourth-order valence-corrected chi connectivity index (χ4v) is 5.36. The first-order valence-corrected chi connectivity index (χ1v) is 11.1.